The maximum absolute atomic E-state index is 12.6. The third-order valence-corrected chi connectivity index (χ3v) is 4.01. The highest BCUT2D eigenvalue weighted by molar-refractivity contribution is 5.92. The minimum Gasteiger partial charge on any atom is -0.480 e. The molecule has 2 rings (SSSR count). The predicted octanol–water partition coefficient (Wildman–Crippen LogP) is 0.874. The fourth-order valence-corrected chi connectivity index (χ4v) is 2.75. The van der Waals surface area contributed by atoms with Crippen molar-refractivity contribution >= 4 is 23.9 Å². The van der Waals surface area contributed by atoms with Gasteiger partial charge < -0.3 is 19.5 Å². The van der Waals surface area contributed by atoms with Gasteiger partial charge in [0.05, 0.1) is 13.0 Å². The number of benzene rings is 1. The summed E-state index contributed by atoms with van der Waals surface area (Å²) in [5.41, 5.74) is 0.781. The molecule has 0 radical (unpaired) electrons. The molecule has 1 heterocycles. The average molecular weight is 378 g/mol. The Labute approximate surface area is 156 Å². The molecule has 1 saturated heterocycles. The van der Waals surface area contributed by atoms with E-state index in [1.165, 1.54) is 0 Å². The summed E-state index contributed by atoms with van der Waals surface area (Å²) in [5, 5.41) is 8.93. The summed E-state index contributed by atoms with van der Waals surface area (Å²) in [6.45, 7) is 1.41. The Kier molecular flexibility index (Phi) is 7.16. The second kappa shape index (κ2) is 9.56. The number of carbonyl (C=O) groups is 4. The fourth-order valence-electron chi connectivity index (χ4n) is 2.75. The van der Waals surface area contributed by atoms with E-state index in [2.05, 4.69) is 0 Å². The Morgan fingerprint density at radius 1 is 1.15 bits per heavy atom. The van der Waals surface area contributed by atoms with Crippen molar-refractivity contribution in [1.29, 1.82) is 0 Å². The molecule has 146 valence electrons. The van der Waals surface area contributed by atoms with Crippen LogP contribution in [0.3, 0.4) is 0 Å². The van der Waals surface area contributed by atoms with E-state index in [1.807, 2.05) is 6.07 Å². The number of ether oxygens (including phenoxy) is 2. The fraction of sp³-hybridized carbons (Fsp3) is 0.444. The van der Waals surface area contributed by atoms with E-state index in [1.54, 1.807) is 31.2 Å². The quantitative estimate of drug-likeness (QED) is 0.701. The highest BCUT2D eigenvalue weighted by atomic mass is 16.6. The van der Waals surface area contributed by atoms with E-state index in [4.69, 9.17) is 14.6 Å². The molecule has 1 aliphatic heterocycles. The number of rotatable bonds is 7. The van der Waals surface area contributed by atoms with Crippen LogP contribution in [0.4, 0.5) is 4.79 Å². The lowest BCUT2D eigenvalue weighted by Crippen LogP contribution is -2.60. The molecule has 1 unspecified atom stereocenters. The van der Waals surface area contributed by atoms with Crippen LogP contribution < -0.4 is 0 Å². The molecule has 9 heteroatoms. The maximum atomic E-state index is 12.6. The van der Waals surface area contributed by atoms with Crippen molar-refractivity contribution in [1.82, 2.24) is 9.80 Å². The number of piperazine rings is 1. The molecule has 0 spiro atoms. The molecule has 0 aromatic heterocycles. The van der Waals surface area contributed by atoms with Crippen LogP contribution in [0.5, 0.6) is 0 Å². The summed E-state index contributed by atoms with van der Waals surface area (Å²) in [4.78, 5) is 50.1. The van der Waals surface area contributed by atoms with Crippen LogP contribution in [-0.2, 0) is 30.5 Å². The van der Waals surface area contributed by atoms with Gasteiger partial charge in [0.2, 0.25) is 5.91 Å². The molecule has 27 heavy (non-hydrogen) atoms. The molecule has 1 aromatic rings. The van der Waals surface area contributed by atoms with Gasteiger partial charge >= 0.3 is 18.0 Å². The molecular weight excluding hydrogens is 356 g/mol. The zero-order chi connectivity index (χ0) is 19.8. The number of nitrogens with zero attached hydrogens (tertiary/aromatic N) is 2. The first-order valence-electron chi connectivity index (χ1n) is 8.56. The largest absolute Gasteiger partial charge is 0.480 e. The first kappa shape index (κ1) is 20.2. The van der Waals surface area contributed by atoms with Gasteiger partial charge in [-0.1, -0.05) is 30.3 Å². The van der Waals surface area contributed by atoms with Gasteiger partial charge in [0.25, 0.3) is 0 Å². The molecule has 1 atom stereocenters. The lowest BCUT2D eigenvalue weighted by Gasteiger charge is -2.38. The van der Waals surface area contributed by atoms with E-state index < -0.39 is 36.5 Å². The van der Waals surface area contributed by atoms with Crippen LogP contribution in [-0.4, -0.2) is 71.1 Å². The van der Waals surface area contributed by atoms with E-state index in [9.17, 15) is 19.2 Å². The van der Waals surface area contributed by atoms with E-state index in [0.29, 0.717) is 0 Å². The van der Waals surface area contributed by atoms with Gasteiger partial charge in [-0.3, -0.25) is 19.3 Å². The Bertz CT molecular complexity index is 692. The second-order valence-corrected chi connectivity index (χ2v) is 5.91. The van der Waals surface area contributed by atoms with Crippen molar-refractivity contribution < 1.29 is 33.8 Å². The lowest BCUT2D eigenvalue weighted by atomic mass is 10.1. The van der Waals surface area contributed by atoms with Crippen molar-refractivity contribution in [3.63, 3.8) is 0 Å². The normalized spacial score (nSPS) is 16.8. The zero-order valence-electron chi connectivity index (χ0n) is 15.0. The van der Waals surface area contributed by atoms with Crippen LogP contribution in [0, 0.1) is 0 Å². The topological polar surface area (TPSA) is 113 Å². The van der Waals surface area contributed by atoms with Gasteiger partial charge in [-0.15, -0.1) is 0 Å². The highest BCUT2D eigenvalue weighted by Gasteiger charge is 2.40. The molecule has 9 nitrogen and oxygen atoms in total. The number of aliphatic carboxylic acids is 1. The smallest absolute Gasteiger partial charge is 0.410 e. The van der Waals surface area contributed by atoms with Crippen LogP contribution in [0.15, 0.2) is 30.3 Å². The van der Waals surface area contributed by atoms with E-state index in [-0.39, 0.29) is 32.7 Å². The van der Waals surface area contributed by atoms with Gasteiger partial charge in [0, 0.05) is 13.1 Å². The Morgan fingerprint density at radius 3 is 2.48 bits per heavy atom. The third-order valence-electron chi connectivity index (χ3n) is 4.01. The molecule has 0 aliphatic carbocycles. The van der Waals surface area contributed by atoms with Gasteiger partial charge in [0.15, 0.2) is 0 Å². The summed E-state index contributed by atoms with van der Waals surface area (Å²) in [6, 6.07) is 7.88. The van der Waals surface area contributed by atoms with Gasteiger partial charge in [-0.25, -0.2) is 4.79 Å². The molecule has 0 saturated carbocycles. The van der Waals surface area contributed by atoms with E-state index in [0.717, 1.165) is 15.4 Å². The molecule has 2 amide bonds. The van der Waals surface area contributed by atoms with E-state index >= 15 is 0 Å². The number of esters is 1. The summed E-state index contributed by atoms with van der Waals surface area (Å²) in [5.74, 6) is -2.43. The summed E-state index contributed by atoms with van der Waals surface area (Å²) >= 11 is 0. The standard InChI is InChI=1S/C18H22N2O7/c1-2-26-16(23)10-14-17(24)19(11-15(21)22)8-9-20(14)18(25)27-12-13-6-4-3-5-7-13/h3-7,14H,2,8-12H2,1H3,(H,21,22). The number of hydrogen-bond donors (Lipinski definition) is 1. The molecule has 1 aromatic carbocycles. The number of carboxylic acid groups (broad SMARTS) is 1. The monoisotopic (exact) mass is 378 g/mol. The molecule has 1 aliphatic rings. The number of amides is 2. The van der Waals surface area contributed by atoms with Gasteiger partial charge in [-0.2, -0.15) is 0 Å². The molecule has 1 fully saturated rings. The van der Waals surface area contributed by atoms with Crippen molar-refractivity contribution in [3.05, 3.63) is 35.9 Å². The van der Waals surface area contributed by atoms with Crippen LogP contribution >= 0.6 is 0 Å². The van der Waals surface area contributed by atoms with Crippen molar-refractivity contribution in [3.8, 4) is 0 Å². The Morgan fingerprint density at radius 2 is 1.85 bits per heavy atom. The average Bonchev–Trinajstić information content (AvgIpc) is 2.64. The maximum Gasteiger partial charge on any atom is 0.410 e. The van der Waals surface area contributed by atoms with Crippen molar-refractivity contribution in [2.24, 2.45) is 0 Å². The zero-order valence-corrected chi connectivity index (χ0v) is 15.0. The van der Waals surface area contributed by atoms with Crippen LogP contribution in [0.1, 0.15) is 18.9 Å². The van der Waals surface area contributed by atoms with Gasteiger partial charge in [0.1, 0.15) is 19.2 Å². The first-order chi connectivity index (χ1) is 12.9. The molecule has 1 N–H and O–H groups in total. The summed E-state index contributed by atoms with van der Waals surface area (Å²) in [7, 11) is 0. The minimum atomic E-state index is -1.17. The van der Waals surface area contributed by atoms with Crippen LogP contribution in [0.25, 0.3) is 0 Å². The highest BCUT2D eigenvalue weighted by Crippen LogP contribution is 2.17. The van der Waals surface area contributed by atoms with Crippen molar-refractivity contribution in [2.75, 3.05) is 26.2 Å². The Hall–Kier alpha value is -3.10. The lowest BCUT2D eigenvalue weighted by molar-refractivity contribution is -0.154. The summed E-state index contributed by atoms with van der Waals surface area (Å²) < 4.78 is 10.1. The third kappa shape index (κ3) is 5.70. The first-order valence-corrected chi connectivity index (χ1v) is 8.56. The number of hydrogen-bond acceptors (Lipinski definition) is 6. The number of carbonyl (C=O) groups excluding carboxylic acids is 3. The minimum absolute atomic E-state index is 0.0231. The van der Waals surface area contributed by atoms with Gasteiger partial charge in [-0.05, 0) is 12.5 Å². The Balaban J connectivity index is 2.08. The number of carboxylic acids is 1. The molecular formula is C18H22N2O7. The molecule has 0 bridgehead atoms. The second-order valence-electron chi connectivity index (χ2n) is 5.91. The SMILES string of the molecule is CCOC(=O)CC1C(=O)N(CC(=O)O)CCN1C(=O)OCc1ccccc1. The predicted molar refractivity (Wildman–Crippen MR) is 92.6 cm³/mol. The summed E-state index contributed by atoms with van der Waals surface area (Å²) in [6.07, 6.45) is -1.10. The van der Waals surface area contributed by atoms with Crippen molar-refractivity contribution in [2.45, 2.75) is 26.0 Å². The van der Waals surface area contributed by atoms with Crippen LogP contribution in [0.2, 0.25) is 0 Å².